The number of rotatable bonds is 7. The van der Waals surface area contributed by atoms with Gasteiger partial charge in [0.15, 0.2) is 0 Å². The normalized spacial score (nSPS) is 16.8. The van der Waals surface area contributed by atoms with Gasteiger partial charge in [-0.05, 0) is 31.0 Å². The van der Waals surface area contributed by atoms with Crippen LogP contribution in [0.2, 0.25) is 0 Å². The number of amides is 2. The van der Waals surface area contributed by atoms with Crippen LogP contribution in [-0.2, 0) is 4.79 Å². The minimum absolute atomic E-state index is 0.0498. The fourth-order valence-corrected chi connectivity index (χ4v) is 3.75. The highest BCUT2D eigenvalue weighted by Gasteiger charge is 2.34. The molecule has 0 saturated carbocycles. The molecule has 8 heteroatoms. The number of benzene rings is 2. The van der Waals surface area contributed by atoms with E-state index in [1.807, 2.05) is 24.3 Å². The summed E-state index contributed by atoms with van der Waals surface area (Å²) in [6.45, 7) is 2.13. The third kappa shape index (κ3) is 4.66. The highest BCUT2D eigenvalue weighted by Crippen LogP contribution is 2.36. The van der Waals surface area contributed by atoms with Crippen LogP contribution in [0.4, 0.5) is 0 Å². The SMILES string of the molecule is C[C@H](C(=O)N[C@@H](C[C@@H]1COc2ccccc21)B(O)O)c1ccccc1C(=O)N(C)C. The quantitative estimate of drug-likeness (QED) is 0.602. The summed E-state index contributed by atoms with van der Waals surface area (Å²) in [5.74, 6) is -1.34. The van der Waals surface area contributed by atoms with E-state index in [2.05, 4.69) is 5.32 Å². The van der Waals surface area contributed by atoms with Crippen LogP contribution in [0, 0.1) is 0 Å². The maximum atomic E-state index is 12.9. The van der Waals surface area contributed by atoms with Gasteiger partial charge in [-0.1, -0.05) is 36.4 Å². The van der Waals surface area contributed by atoms with Crippen molar-refractivity contribution in [1.82, 2.24) is 10.2 Å². The second kappa shape index (κ2) is 9.32. The van der Waals surface area contributed by atoms with Crippen molar-refractivity contribution in [3.05, 3.63) is 65.2 Å². The molecule has 2 aromatic rings. The minimum atomic E-state index is -1.72. The van der Waals surface area contributed by atoms with Crippen molar-refractivity contribution in [3.8, 4) is 5.75 Å². The van der Waals surface area contributed by atoms with Gasteiger partial charge in [-0.25, -0.2) is 0 Å². The molecule has 0 aromatic heterocycles. The average molecular weight is 410 g/mol. The Balaban J connectivity index is 1.74. The van der Waals surface area contributed by atoms with Gasteiger partial charge < -0.3 is 25.0 Å². The molecule has 1 heterocycles. The summed E-state index contributed by atoms with van der Waals surface area (Å²) in [4.78, 5) is 26.9. The van der Waals surface area contributed by atoms with Gasteiger partial charge in [0.05, 0.1) is 18.5 Å². The molecule has 0 fully saturated rings. The number of nitrogens with zero attached hydrogens (tertiary/aromatic N) is 1. The standard InChI is InChI=1S/C22H27BN2O5/c1-14(16-8-4-5-10-18(16)22(27)25(2)3)21(26)24-20(23(28)29)12-15-13-30-19-11-7-6-9-17(15)19/h4-11,14-15,20,28-29H,12-13H2,1-3H3,(H,24,26)/t14-,15+,20-/m0/s1. The van der Waals surface area contributed by atoms with Gasteiger partial charge >= 0.3 is 7.12 Å². The molecule has 0 bridgehead atoms. The zero-order valence-electron chi connectivity index (χ0n) is 17.4. The van der Waals surface area contributed by atoms with Crippen molar-refractivity contribution in [2.75, 3.05) is 20.7 Å². The topological polar surface area (TPSA) is 99.1 Å². The Morgan fingerprint density at radius 3 is 2.53 bits per heavy atom. The van der Waals surface area contributed by atoms with Crippen molar-refractivity contribution in [2.24, 2.45) is 0 Å². The Bertz CT molecular complexity index is 918. The number of carbonyl (C=O) groups excluding carboxylic acids is 2. The molecule has 0 unspecified atom stereocenters. The molecule has 3 N–H and O–H groups in total. The number of para-hydroxylation sites is 1. The van der Waals surface area contributed by atoms with E-state index in [0.29, 0.717) is 24.2 Å². The van der Waals surface area contributed by atoms with Gasteiger partial charge in [-0.3, -0.25) is 9.59 Å². The second-order valence-electron chi connectivity index (χ2n) is 7.82. The summed E-state index contributed by atoms with van der Waals surface area (Å²) >= 11 is 0. The summed E-state index contributed by atoms with van der Waals surface area (Å²) in [6.07, 6.45) is 0.325. The van der Waals surface area contributed by atoms with Crippen LogP contribution < -0.4 is 10.1 Å². The van der Waals surface area contributed by atoms with E-state index in [4.69, 9.17) is 4.74 Å². The Hall–Kier alpha value is -2.84. The predicted octanol–water partition coefficient (Wildman–Crippen LogP) is 1.55. The van der Waals surface area contributed by atoms with Crippen LogP contribution in [0.3, 0.4) is 0 Å². The first-order valence-electron chi connectivity index (χ1n) is 9.98. The molecule has 7 nitrogen and oxygen atoms in total. The smallest absolute Gasteiger partial charge is 0.475 e. The van der Waals surface area contributed by atoms with Gasteiger partial charge in [0.25, 0.3) is 5.91 Å². The summed E-state index contributed by atoms with van der Waals surface area (Å²) in [5, 5.41) is 22.5. The van der Waals surface area contributed by atoms with Crippen LogP contribution in [0.25, 0.3) is 0 Å². The number of carbonyl (C=O) groups is 2. The van der Waals surface area contributed by atoms with Crippen molar-refractivity contribution in [3.63, 3.8) is 0 Å². The molecule has 0 saturated heterocycles. The van der Waals surface area contributed by atoms with Crippen LogP contribution >= 0.6 is 0 Å². The number of hydrogen-bond donors (Lipinski definition) is 3. The largest absolute Gasteiger partial charge is 0.493 e. The van der Waals surface area contributed by atoms with Crippen molar-refractivity contribution in [2.45, 2.75) is 31.1 Å². The summed E-state index contributed by atoms with van der Waals surface area (Å²) in [7, 11) is 1.60. The zero-order chi connectivity index (χ0) is 21.8. The van der Waals surface area contributed by atoms with Crippen LogP contribution in [-0.4, -0.2) is 60.5 Å². The van der Waals surface area contributed by atoms with Gasteiger partial charge in [-0.15, -0.1) is 0 Å². The molecule has 30 heavy (non-hydrogen) atoms. The van der Waals surface area contributed by atoms with Gasteiger partial charge in [0.2, 0.25) is 5.91 Å². The van der Waals surface area contributed by atoms with Crippen LogP contribution in [0.5, 0.6) is 5.75 Å². The van der Waals surface area contributed by atoms with Crippen LogP contribution in [0.1, 0.15) is 46.7 Å². The molecule has 1 aliphatic heterocycles. The van der Waals surface area contributed by atoms with E-state index in [9.17, 15) is 19.6 Å². The molecule has 0 spiro atoms. The third-order valence-electron chi connectivity index (χ3n) is 5.48. The Kier molecular flexibility index (Phi) is 6.79. The molecular weight excluding hydrogens is 383 g/mol. The highest BCUT2D eigenvalue weighted by atomic mass is 16.5. The fourth-order valence-electron chi connectivity index (χ4n) is 3.75. The molecular formula is C22H27BN2O5. The fraction of sp³-hybridized carbons (Fsp3) is 0.364. The third-order valence-corrected chi connectivity index (χ3v) is 5.48. The summed E-state index contributed by atoms with van der Waals surface area (Å²) < 4.78 is 5.66. The van der Waals surface area contributed by atoms with Gasteiger partial charge in [-0.2, -0.15) is 0 Å². The maximum Gasteiger partial charge on any atom is 0.475 e. The number of hydrogen-bond acceptors (Lipinski definition) is 5. The minimum Gasteiger partial charge on any atom is -0.493 e. The predicted molar refractivity (Wildman–Crippen MR) is 114 cm³/mol. The first-order valence-corrected chi connectivity index (χ1v) is 9.98. The molecule has 2 aromatic carbocycles. The Morgan fingerprint density at radius 1 is 1.17 bits per heavy atom. The zero-order valence-corrected chi connectivity index (χ0v) is 17.4. The molecule has 0 radical (unpaired) electrons. The molecule has 158 valence electrons. The molecule has 0 aliphatic carbocycles. The lowest BCUT2D eigenvalue weighted by atomic mass is 9.73. The first kappa shape index (κ1) is 21.9. The Labute approximate surface area is 176 Å². The molecule has 3 atom stereocenters. The molecule has 1 aliphatic rings. The Morgan fingerprint density at radius 2 is 1.83 bits per heavy atom. The second-order valence-corrected chi connectivity index (χ2v) is 7.82. The van der Waals surface area contributed by atoms with E-state index in [1.54, 1.807) is 45.3 Å². The summed E-state index contributed by atoms with van der Waals surface area (Å²) in [6, 6.07) is 14.6. The number of fused-ring (bicyclic) bond motifs is 1. The van der Waals surface area contributed by atoms with Gasteiger partial charge in [0, 0.05) is 31.1 Å². The lowest BCUT2D eigenvalue weighted by Gasteiger charge is -2.24. The van der Waals surface area contributed by atoms with E-state index in [-0.39, 0.29) is 17.7 Å². The average Bonchev–Trinajstić information content (AvgIpc) is 3.14. The van der Waals surface area contributed by atoms with Crippen molar-refractivity contribution >= 4 is 18.9 Å². The lowest BCUT2D eigenvalue weighted by molar-refractivity contribution is -0.122. The number of nitrogens with one attached hydrogen (secondary N) is 1. The van der Waals surface area contributed by atoms with Crippen LogP contribution in [0.15, 0.2) is 48.5 Å². The monoisotopic (exact) mass is 410 g/mol. The van der Waals surface area contributed by atoms with E-state index >= 15 is 0 Å². The lowest BCUT2D eigenvalue weighted by Crippen LogP contribution is -2.48. The molecule has 2 amide bonds. The van der Waals surface area contributed by atoms with Gasteiger partial charge in [0.1, 0.15) is 5.75 Å². The van der Waals surface area contributed by atoms with E-state index < -0.39 is 19.0 Å². The van der Waals surface area contributed by atoms with E-state index in [1.165, 1.54) is 4.90 Å². The van der Waals surface area contributed by atoms with E-state index in [0.717, 1.165) is 11.3 Å². The van der Waals surface area contributed by atoms with Crippen molar-refractivity contribution < 1.29 is 24.4 Å². The molecule has 3 rings (SSSR count). The maximum absolute atomic E-state index is 12.9. The summed E-state index contributed by atoms with van der Waals surface area (Å²) in [5.41, 5.74) is 2.03. The number of ether oxygens (including phenoxy) is 1. The highest BCUT2D eigenvalue weighted by molar-refractivity contribution is 6.43. The first-order chi connectivity index (χ1) is 14.3. The van der Waals surface area contributed by atoms with Crippen molar-refractivity contribution in [1.29, 1.82) is 0 Å².